The Morgan fingerprint density at radius 2 is 1.73 bits per heavy atom. The summed E-state index contributed by atoms with van der Waals surface area (Å²) in [5.41, 5.74) is 6.01. The van der Waals surface area contributed by atoms with Gasteiger partial charge in [0.2, 0.25) is 0 Å². The van der Waals surface area contributed by atoms with Gasteiger partial charge in [-0.2, -0.15) is 0 Å². The van der Waals surface area contributed by atoms with E-state index in [1.54, 1.807) is 0 Å². The molecule has 2 aliphatic carbocycles. The molecule has 2 unspecified atom stereocenters. The minimum atomic E-state index is 0.299. The first-order valence-corrected chi connectivity index (χ1v) is 4.69. The molecule has 0 heterocycles. The zero-order valence-electron chi connectivity index (χ0n) is 6.87. The molecule has 0 amide bonds. The normalized spacial score (nSPS) is 30.0. The Morgan fingerprint density at radius 1 is 1.18 bits per heavy atom. The molecular formula is C9H17NO. The molecule has 2 fully saturated rings. The van der Waals surface area contributed by atoms with Gasteiger partial charge in [0.25, 0.3) is 0 Å². The predicted octanol–water partition coefficient (Wildman–Crippen LogP) is 0.742. The van der Waals surface area contributed by atoms with E-state index in [9.17, 15) is 0 Å². The topological polar surface area (TPSA) is 46.2 Å². The van der Waals surface area contributed by atoms with Crippen molar-refractivity contribution in [3.63, 3.8) is 0 Å². The molecular weight excluding hydrogens is 138 g/mol. The highest BCUT2D eigenvalue weighted by molar-refractivity contribution is 4.94. The first-order chi connectivity index (χ1) is 5.33. The van der Waals surface area contributed by atoms with Gasteiger partial charge in [0.05, 0.1) is 0 Å². The minimum Gasteiger partial charge on any atom is -0.396 e. The van der Waals surface area contributed by atoms with Crippen molar-refractivity contribution in [1.29, 1.82) is 0 Å². The van der Waals surface area contributed by atoms with Crippen LogP contribution in [0.3, 0.4) is 0 Å². The van der Waals surface area contributed by atoms with Crippen molar-refractivity contribution in [1.82, 2.24) is 0 Å². The molecule has 3 N–H and O–H groups in total. The van der Waals surface area contributed by atoms with E-state index < -0.39 is 0 Å². The van der Waals surface area contributed by atoms with Gasteiger partial charge in [0, 0.05) is 18.6 Å². The predicted molar refractivity (Wildman–Crippen MR) is 44.0 cm³/mol. The zero-order chi connectivity index (χ0) is 7.84. The van der Waals surface area contributed by atoms with Crippen LogP contribution in [-0.2, 0) is 0 Å². The van der Waals surface area contributed by atoms with Gasteiger partial charge in [-0.25, -0.2) is 0 Å². The molecule has 11 heavy (non-hydrogen) atoms. The summed E-state index contributed by atoms with van der Waals surface area (Å²) in [5.74, 6) is 1.92. The number of hydrogen-bond donors (Lipinski definition) is 2. The molecule has 2 rings (SSSR count). The second-order valence-corrected chi connectivity index (χ2v) is 4.10. The Labute approximate surface area is 67.8 Å². The van der Waals surface area contributed by atoms with Crippen molar-refractivity contribution in [2.24, 2.45) is 23.5 Å². The van der Waals surface area contributed by atoms with Crippen LogP contribution in [0, 0.1) is 17.8 Å². The summed E-state index contributed by atoms with van der Waals surface area (Å²) in [6.45, 7) is 0.308. The van der Waals surface area contributed by atoms with Crippen LogP contribution in [-0.4, -0.2) is 17.8 Å². The molecule has 0 spiro atoms. The third kappa shape index (κ3) is 1.57. The van der Waals surface area contributed by atoms with Crippen LogP contribution in [0.1, 0.15) is 25.7 Å². The standard InChI is InChI=1S/C9H17NO/c10-9(7-3-4-7)8(5-11)6-1-2-6/h6-9,11H,1-5,10H2. The van der Waals surface area contributed by atoms with Crippen molar-refractivity contribution in [3.8, 4) is 0 Å². The van der Waals surface area contributed by atoms with Gasteiger partial charge in [0.1, 0.15) is 0 Å². The zero-order valence-corrected chi connectivity index (χ0v) is 6.87. The molecule has 2 atom stereocenters. The molecule has 2 saturated carbocycles. The average molecular weight is 155 g/mol. The molecule has 2 heteroatoms. The fourth-order valence-corrected chi connectivity index (χ4v) is 1.94. The Hall–Kier alpha value is -0.0800. The Morgan fingerprint density at radius 3 is 2.09 bits per heavy atom. The lowest BCUT2D eigenvalue weighted by atomic mass is 9.93. The van der Waals surface area contributed by atoms with Crippen LogP contribution in [0.15, 0.2) is 0 Å². The number of nitrogens with two attached hydrogens (primary N) is 1. The van der Waals surface area contributed by atoms with Gasteiger partial charge >= 0.3 is 0 Å². The number of aliphatic hydroxyl groups excluding tert-OH is 1. The van der Waals surface area contributed by atoms with E-state index in [1.807, 2.05) is 0 Å². The fraction of sp³-hybridized carbons (Fsp3) is 1.00. The van der Waals surface area contributed by atoms with Crippen LogP contribution >= 0.6 is 0 Å². The smallest absolute Gasteiger partial charge is 0.0476 e. The van der Waals surface area contributed by atoms with E-state index in [-0.39, 0.29) is 0 Å². The second kappa shape index (κ2) is 2.76. The Balaban J connectivity index is 1.86. The van der Waals surface area contributed by atoms with Crippen LogP contribution in [0.25, 0.3) is 0 Å². The molecule has 0 aromatic heterocycles. The summed E-state index contributed by atoms with van der Waals surface area (Å²) in [7, 11) is 0. The third-order valence-corrected chi connectivity index (χ3v) is 3.10. The highest BCUT2D eigenvalue weighted by Crippen LogP contribution is 2.43. The SMILES string of the molecule is NC(C1CC1)C(CO)C1CC1. The first-order valence-electron chi connectivity index (χ1n) is 4.69. The molecule has 2 nitrogen and oxygen atoms in total. The van der Waals surface area contributed by atoms with Crippen LogP contribution in [0.2, 0.25) is 0 Å². The molecule has 0 bridgehead atoms. The highest BCUT2D eigenvalue weighted by atomic mass is 16.3. The molecule has 64 valence electrons. The molecule has 0 aliphatic heterocycles. The maximum absolute atomic E-state index is 9.10. The first kappa shape index (κ1) is 7.56. The van der Waals surface area contributed by atoms with E-state index in [2.05, 4.69) is 0 Å². The lowest BCUT2D eigenvalue weighted by Gasteiger charge is -2.20. The van der Waals surface area contributed by atoms with Gasteiger partial charge in [-0.1, -0.05) is 0 Å². The Kier molecular flexibility index (Phi) is 1.90. The van der Waals surface area contributed by atoms with Crippen LogP contribution in [0.5, 0.6) is 0 Å². The van der Waals surface area contributed by atoms with Gasteiger partial charge in [-0.3, -0.25) is 0 Å². The van der Waals surface area contributed by atoms with Crippen molar-refractivity contribution < 1.29 is 5.11 Å². The monoisotopic (exact) mass is 155 g/mol. The highest BCUT2D eigenvalue weighted by Gasteiger charge is 2.40. The van der Waals surface area contributed by atoms with Gasteiger partial charge in [-0.15, -0.1) is 0 Å². The van der Waals surface area contributed by atoms with Crippen LogP contribution in [0.4, 0.5) is 0 Å². The molecule has 0 saturated heterocycles. The van der Waals surface area contributed by atoms with Gasteiger partial charge < -0.3 is 10.8 Å². The van der Waals surface area contributed by atoms with Crippen molar-refractivity contribution in [3.05, 3.63) is 0 Å². The van der Waals surface area contributed by atoms with Crippen molar-refractivity contribution >= 4 is 0 Å². The van der Waals surface area contributed by atoms with Crippen molar-refractivity contribution in [2.45, 2.75) is 31.7 Å². The minimum absolute atomic E-state index is 0.299. The molecule has 0 aromatic carbocycles. The maximum Gasteiger partial charge on any atom is 0.0476 e. The van der Waals surface area contributed by atoms with E-state index in [1.165, 1.54) is 25.7 Å². The molecule has 2 aliphatic rings. The lowest BCUT2D eigenvalue weighted by Crippen LogP contribution is -2.35. The van der Waals surface area contributed by atoms with Gasteiger partial charge in [-0.05, 0) is 37.5 Å². The summed E-state index contributed by atoms with van der Waals surface area (Å²) in [6, 6.07) is 0.299. The average Bonchev–Trinajstić information content (AvgIpc) is 2.86. The lowest BCUT2D eigenvalue weighted by molar-refractivity contribution is 0.178. The number of rotatable bonds is 4. The fourth-order valence-electron chi connectivity index (χ4n) is 1.94. The van der Waals surface area contributed by atoms with E-state index >= 15 is 0 Å². The van der Waals surface area contributed by atoms with E-state index in [0.29, 0.717) is 18.6 Å². The summed E-state index contributed by atoms with van der Waals surface area (Å²) in [5, 5.41) is 9.10. The number of aliphatic hydroxyl groups is 1. The third-order valence-electron chi connectivity index (χ3n) is 3.10. The summed E-state index contributed by atoms with van der Waals surface area (Å²) >= 11 is 0. The van der Waals surface area contributed by atoms with Crippen molar-refractivity contribution in [2.75, 3.05) is 6.61 Å². The molecule has 0 aromatic rings. The summed E-state index contributed by atoms with van der Waals surface area (Å²) < 4.78 is 0. The summed E-state index contributed by atoms with van der Waals surface area (Å²) in [6.07, 6.45) is 5.19. The van der Waals surface area contributed by atoms with E-state index in [0.717, 1.165) is 11.8 Å². The Bertz CT molecular complexity index is 140. The molecule has 0 radical (unpaired) electrons. The summed E-state index contributed by atoms with van der Waals surface area (Å²) in [4.78, 5) is 0. The number of hydrogen-bond acceptors (Lipinski definition) is 2. The second-order valence-electron chi connectivity index (χ2n) is 4.10. The van der Waals surface area contributed by atoms with E-state index in [4.69, 9.17) is 10.8 Å². The largest absolute Gasteiger partial charge is 0.396 e. The maximum atomic E-state index is 9.10. The quantitative estimate of drug-likeness (QED) is 0.629. The van der Waals surface area contributed by atoms with Crippen LogP contribution < -0.4 is 5.73 Å². The van der Waals surface area contributed by atoms with Gasteiger partial charge in [0.15, 0.2) is 0 Å².